The Balaban J connectivity index is 1.75. The van der Waals surface area contributed by atoms with Gasteiger partial charge < -0.3 is 14.8 Å². The first-order valence-corrected chi connectivity index (χ1v) is 11.7. The number of nitrogens with one attached hydrogen (secondary N) is 1. The van der Waals surface area contributed by atoms with E-state index < -0.39 is 0 Å². The minimum atomic E-state index is -0.301. The van der Waals surface area contributed by atoms with Gasteiger partial charge in [0, 0.05) is 16.9 Å². The van der Waals surface area contributed by atoms with Crippen molar-refractivity contribution in [3.8, 4) is 11.5 Å². The highest BCUT2D eigenvalue weighted by Gasteiger charge is 2.14. The molecule has 7 heteroatoms. The van der Waals surface area contributed by atoms with Crippen LogP contribution in [0.5, 0.6) is 11.5 Å². The van der Waals surface area contributed by atoms with Gasteiger partial charge in [0.2, 0.25) is 0 Å². The van der Waals surface area contributed by atoms with E-state index in [1.165, 1.54) is 5.56 Å². The molecule has 0 heterocycles. The van der Waals surface area contributed by atoms with E-state index in [-0.39, 0.29) is 12.5 Å². The van der Waals surface area contributed by atoms with Crippen LogP contribution in [0.25, 0.3) is 0 Å². The summed E-state index contributed by atoms with van der Waals surface area (Å²) in [6, 6.07) is 15.1. The number of ether oxygens (including phenoxy) is 2. The van der Waals surface area contributed by atoms with Crippen LogP contribution in [0.15, 0.2) is 58.0 Å². The number of carbonyl (C=O) groups is 1. The van der Waals surface area contributed by atoms with Gasteiger partial charge in [-0.2, -0.15) is 0 Å². The maximum Gasteiger partial charge on any atom is 0.262 e. The molecule has 0 bridgehead atoms. The summed E-state index contributed by atoms with van der Waals surface area (Å²) in [4.78, 5) is 17.0. The summed E-state index contributed by atoms with van der Waals surface area (Å²) in [7, 11) is 0. The molecule has 0 aromatic heterocycles. The molecule has 0 unspecified atom stereocenters. The predicted molar refractivity (Wildman–Crippen MR) is 139 cm³/mol. The van der Waals surface area contributed by atoms with Gasteiger partial charge in [-0.1, -0.05) is 29.8 Å². The lowest BCUT2D eigenvalue weighted by atomic mass is 10.1. The van der Waals surface area contributed by atoms with Crippen LogP contribution in [0.1, 0.15) is 29.2 Å². The first-order valence-electron chi connectivity index (χ1n) is 10.5. The zero-order valence-corrected chi connectivity index (χ0v) is 21.4. The number of amides is 1. The molecule has 0 atom stereocenters. The van der Waals surface area contributed by atoms with Crippen molar-refractivity contribution < 1.29 is 14.3 Å². The van der Waals surface area contributed by atoms with E-state index in [9.17, 15) is 4.79 Å². The van der Waals surface area contributed by atoms with Crippen LogP contribution in [0.2, 0.25) is 5.02 Å². The summed E-state index contributed by atoms with van der Waals surface area (Å²) in [6.45, 7) is 8.18. The third-order valence-corrected chi connectivity index (χ3v) is 6.06. The fourth-order valence-electron chi connectivity index (χ4n) is 3.09. The second-order valence-corrected chi connectivity index (χ2v) is 8.80. The molecule has 172 valence electrons. The smallest absolute Gasteiger partial charge is 0.262 e. The number of halogens is 2. The van der Waals surface area contributed by atoms with Crippen molar-refractivity contribution in [3.63, 3.8) is 0 Å². The number of rotatable bonds is 8. The molecule has 1 N–H and O–H groups in total. The van der Waals surface area contributed by atoms with Gasteiger partial charge in [-0.15, -0.1) is 0 Å². The third kappa shape index (κ3) is 6.59. The van der Waals surface area contributed by atoms with Crippen LogP contribution < -0.4 is 14.8 Å². The van der Waals surface area contributed by atoms with Crippen LogP contribution in [0, 0.1) is 20.8 Å². The zero-order chi connectivity index (χ0) is 24.0. The third-order valence-electron chi connectivity index (χ3n) is 5.06. The fourth-order valence-corrected chi connectivity index (χ4v) is 3.85. The van der Waals surface area contributed by atoms with Crippen molar-refractivity contribution in [1.82, 2.24) is 0 Å². The number of benzene rings is 3. The number of carbonyl (C=O) groups excluding carboxylic acids is 1. The van der Waals surface area contributed by atoms with Crippen LogP contribution in [0.3, 0.4) is 0 Å². The van der Waals surface area contributed by atoms with Gasteiger partial charge in [-0.05, 0) is 96.2 Å². The van der Waals surface area contributed by atoms with E-state index in [1.807, 2.05) is 44.2 Å². The van der Waals surface area contributed by atoms with Crippen LogP contribution >= 0.6 is 27.5 Å². The van der Waals surface area contributed by atoms with E-state index >= 15 is 0 Å². The molecule has 0 saturated carbocycles. The molecule has 33 heavy (non-hydrogen) atoms. The van der Waals surface area contributed by atoms with Crippen LogP contribution in [0.4, 0.5) is 11.4 Å². The van der Waals surface area contributed by atoms with Gasteiger partial charge >= 0.3 is 0 Å². The monoisotopic (exact) mass is 528 g/mol. The standard InChI is InChI=1S/C26H26BrClN2O3/c1-5-32-24-12-19(14-29-23-8-6-7-16(2)18(23)4)11-21(27)26(24)33-15-25(31)30-20-10-9-17(3)22(28)13-20/h6-14H,5,15H2,1-4H3,(H,30,31). The first-order chi connectivity index (χ1) is 15.8. The lowest BCUT2D eigenvalue weighted by molar-refractivity contribution is -0.118. The van der Waals surface area contributed by atoms with Crippen molar-refractivity contribution in [2.75, 3.05) is 18.5 Å². The SMILES string of the molecule is CCOc1cc(C=Nc2cccc(C)c2C)cc(Br)c1OCC(=O)Nc1ccc(C)c(Cl)c1. The largest absolute Gasteiger partial charge is 0.490 e. The maximum atomic E-state index is 12.4. The van der Waals surface area contributed by atoms with Crippen LogP contribution in [-0.2, 0) is 4.79 Å². The van der Waals surface area contributed by atoms with E-state index in [0.717, 1.165) is 22.4 Å². The number of anilines is 1. The van der Waals surface area contributed by atoms with Crippen molar-refractivity contribution in [3.05, 3.63) is 80.3 Å². The molecule has 3 rings (SSSR count). The summed E-state index contributed by atoms with van der Waals surface area (Å²) < 4.78 is 12.2. The lowest BCUT2D eigenvalue weighted by Gasteiger charge is -2.15. The van der Waals surface area contributed by atoms with Gasteiger partial charge in [0.25, 0.3) is 5.91 Å². The Labute approximate surface area is 207 Å². The summed E-state index contributed by atoms with van der Waals surface area (Å²) in [5.74, 6) is 0.683. The molecule has 0 radical (unpaired) electrons. The Hall–Kier alpha value is -2.83. The highest BCUT2D eigenvalue weighted by Crippen LogP contribution is 2.37. The second-order valence-electron chi connectivity index (χ2n) is 7.54. The van der Waals surface area contributed by atoms with Crippen molar-refractivity contribution in [1.29, 1.82) is 0 Å². The van der Waals surface area contributed by atoms with E-state index in [0.29, 0.717) is 33.3 Å². The summed E-state index contributed by atoms with van der Waals surface area (Å²) in [6.07, 6.45) is 1.78. The zero-order valence-electron chi connectivity index (χ0n) is 19.0. The molecule has 0 aliphatic carbocycles. The van der Waals surface area contributed by atoms with E-state index in [1.54, 1.807) is 18.3 Å². The van der Waals surface area contributed by atoms with Gasteiger partial charge in [0.15, 0.2) is 18.1 Å². The van der Waals surface area contributed by atoms with Gasteiger partial charge in [0.05, 0.1) is 16.8 Å². The minimum absolute atomic E-state index is 0.180. The molecular formula is C26H26BrClN2O3. The number of aryl methyl sites for hydroxylation is 2. The average Bonchev–Trinajstić information content (AvgIpc) is 2.77. The second kappa shape index (κ2) is 11.3. The molecule has 0 aliphatic heterocycles. The summed E-state index contributed by atoms with van der Waals surface area (Å²) in [5, 5.41) is 3.38. The predicted octanol–water partition coefficient (Wildman–Crippen LogP) is 7.19. The Kier molecular flexibility index (Phi) is 8.53. The lowest BCUT2D eigenvalue weighted by Crippen LogP contribution is -2.20. The highest BCUT2D eigenvalue weighted by molar-refractivity contribution is 9.10. The molecule has 5 nitrogen and oxygen atoms in total. The van der Waals surface area contributed by atoms with E-state index in [2.05, 4.69) is 46.2 Å². The molecule has 0 fully saturated rings. The van der Waals surface area contributed by atoms with Crippen LogP contribution in [-0.4, -0.2) is 25.3 Å². The Morgan fingerprint density at radius 1 is 1.09 bits per heavy atom. The Morgan fingerprint density at radius 2 is 1.88 bits per heavy atom. The average molecular weight is 530 g/mol. The summed E-state index contributed by atoms with van der Waals surface area (Å²) in [5.41, 5.74) is 5.64. The topological polar surface area (TPSA) is 59.9 Å². The normalized spacial score (nSPS) is 11.0. The Bertz CT molecular complexity index is 1190. The molecule has 3 aromatic rings. The quantitative estimate of drug-likeness (QED) is 0.314. The number of aliphatic imine (C=N–C) groups is 1. The van der Waals surface area contributed by atoms with Gasteiger partial charge in [-0.3, -0.25) is 9.79 Å². The maximum absolute atomic E-state index is 12.4. The number of hydrogen-bond acceptors (Lipinski definition) is 4. The molecular weight excluding hydrogens is 504 g/mol. The van der Waals surface area contributed by atoms with Crippen molar-refractivity contribution in [2.24, 2.45) is 4.99 Å². The molecule has 0 saturated heterocycles. The number of hydrogen-bond donors (Lipinski definition) is 1. The first kappa shape index (κ1) is 24.8. The highest BCUT2D eigenvalue weighted by atomic mass is 79.9. The Morgan fingerprint density at radius 3 is 2.61 bits per heavy atom. The van der Waals surface area contributed by atoms with Gasteiger partial charge in [-0.25, -0.2) is 0 Å². The molecule has 3 aromatic carbocycles. The molecule has 0 aliphatic rings. The fraction of sp³-hybridized carbons (Fsp3) is 0.231. The van der Waals surface area contributed by atoms with E-state index in [4.69, 9.17) is 21.1 Å². The summed E-state index contributed by atoms with van der Waals surface area (Å²) >= 11 is 9.67. The van der Waals surface area contributed by atoms with Gasteiger partial charge in [0.1, 0.15) is 0 Å². The van der Waals surface area contributed by atoms with Crippen molar-refractivity contribution in [2.45, 2.75) is 27.7 Å². The van der Waals surface area contributed by atoms with Crippen molar-refractivity contribution >= 4 is 51.0 Å². The molecule has 0 spiro atoms. The molecule has 1 amide bonds. The number of nitrogens with zero attached hydrogens (tertiary/aromatic N) is 1. The minimum Gasteiger partial charge on any atom is -0.490 e.